The van der Waals surface area contributed by atoms with Crippen molar-refractivity contribution in [2.75, 3.05) is 13.7 Å². The van der Waals surface area contributed by atoms with Crippen molar-refractivity contribution < 1.29 is 24.0 Å². The van der Waals surface area contributed by atoms with E-state index in [1.54, 1.807) is 6.07 Å². The number of carbonyl (C=O) groups excluding carboxylic acids is 1. The summed E-state index contributed by atoms with van der Waals surface area (Å²) in [6.45, 7) is 0.262. The number of carbonyl (C=O) groups is 2. The van der Waals surface area contributed by atoms with E-state index in [4.69, 9.17) is 9.26 Å². The summed E-state index contributed by atoms with van der Waals surface area (Å²) in [5.74, 6) is -0.358. The lowest BCUT2D eigenvalue weighted by Crippen LogP contribution is -2.40. The molecule has 1 N–H and O–H groups in total. The summed E-state index contributed by atoms with van der Waals surface area (Å²) in [4.78, 5) is 24.9. The minimum atomic E-state index is -1.02. The van der Waals surface area contributed by atoms with E-state index < -0.39 is 17.9 Å². The lowest BCUT2D eigenvalue weighted by atomic mass is 10.2. The molecule has 1 aliphatic carbocycles. The number of aromatic nitrogens is 1. The highest BCUT2D eigenvalue weighted by Crippen LogP contribution is 2.40. The minimum absolute atomic E-state index is 0.176. The third-order valence-electron chi connectivity index (χ3n) is 3.87. The molecule has 7 heteroatoms. The van der Waals surface area contributed by atoms with Crippen molar-refractivity contribution >= 4 is 11.9 Å². The Balaban J connectivity index is 1.78. The molecule has 1 aromatic heterocycles. The van der Waals surface area contributed by atoms with Gasteiger partial charge in [-0.15, -0.1) is 0 Å². The van der Waals surface area contributed by atoms with E-state index in [1.807, 2.05) is 0 Å². The summed E-state index contributed by atoms with van der Waals surface area (Å²) >= 11 is 0. The monoisotopic (exact) mass is 280 g/mol. The highest BCUT2D eigenvalue weighted by atomic mass is 16.5. The highest BCUT2D eigenvalue weighted by Gasteiger charge is 2.41. The summed E-state index contributed by atoms with van der Waals surface area (Å²) in [5.41, 5.74) is 0.176. The molecule has 1 amide bonds. The molecule has 20 heavy (non-hydrogen) atoms. The molecule has 1 aromatic rings. The Bertz CT molecular complexity index is 537. The Morgan fingerprint density at radius 3 is 2.85 bits per heavy atom. The Morgan fingerprint density at radius 1 is 1.50 bits per heavy atom. The van der Waals surface area contributed by atoms with Crippen LogP contribution in [0.2, 0.25) is 0 Å². The molecule has 0 bridgehead atoms. The first kappa shape index (κ1) is 13.1. The van der Waals surface area contributed by atoms with Crippen LogP contribution in [0.3, 0.4) is 0 Å². The van der Waals surface area contributed by atoms with Gasteiger partial charge in [0.1, 0.15) is 11.8 Å². The Morgan fingerprint density at radius 2 is 2.25 bits per heavy atom. The van der Waals surface area contributed by atoms with Crippen LogP contribution in [0.1, 0.15) is 41.4 Å². The van der Waals surface area contributed by atoms with Gasteiger partial charge in [-0.1, -0.05) is 5.16 Å². The Kier molecular flexibility index (Phi) is 3.21. The number of hydrogen-bond donors (Lipinski definition) is 1. The first-order chi connectivity index (χ1) is 9.60. The molecule has 1 aliphatic heterocycles. The number of aliphatic carboxylic acids is 1. The number of amides is 1. The van der Waals surface area contributed by atoms with E-state index >= 15 is 0 Å². The van der Waals surface area contributed by atoms with Crippen LogP contribution in [0.15, 0.2) is 10.6 Å². The third kappa shape index (κ3) is 2.29. The van der Waals surface area contributed by atoms with E-state index in [2.05, 4.69) is 5.16 Å². The van der Waals surface area contributed by atoms with Crippen molar-refractivity contribution in [1.29, 1.82) is 0 Å². The van der Waals surface area contributed by atoms with Gasteiger partial charge in [0.25, 0.3) is 5.91 Å². The van der Waals surface area contributed by atoms with Crippen LogP contribution in [-0.4, -0.2) is 52.8 Å². The van der Waals surface area contributed by atoms with Crippen LogP contribution in [0.25, 0.3) is 0 Å². The molecule has 1 saturated heterocycles. The molecule has 2 atom stereocenters. The minimum Gasteiger partial charge on any atom is -0.480 e. The van der Waals surface area contributed by atoms with E-state index in [0.29, 0.717) is 18.1 Å². The van der Waals surface area contributed by atoms with Crippen molar-refractivity contribution in [3.63, 3.8) is 0 Å². The quantitative estimate of drug-likeness (QED) is 0.879. The summed E-state index contributed by atoms with van der Waals surface area (Å²) in [6, 6.07) is 0.757. The molecule has 0 aromatic carbocycles. The zero-order valence-electron chi connectivity index (χ0n) is 11.1. The average Bonchev–Trinajstić information content (AvgIpc) is 3.02. The number of ether oxygens (including phenoxy) is 1. The summed E-state index contributed by atoms with van der Waals surface area (Å²) in [6.07, 6.45) is 2.15. The second kappa shape index (κ2) is 4.90. The predicted molar refractivity (Wildman–Crippen MR) is 66.4 cm³/mol. The van der Waals surface area contributed by atoms with Crippen molar-refractivity contribution in [2.24, 2.45) is 0 Å². The summed E-state index contributed by atoms with van der Waals surface area (Å²) in [5, 5.41) is 13.0. The van der Waals surface area contributed by atoms with Gasteiger partial charge >= 0.3 is 5.97 Å². The number of nitrogens with zero attached hydrogens (tertiary/aromatic N) is 2. The van der Waals surface area contributed by atoms with Gasteiger partial charge in [-0.25, -0.2) is 4.79 Å². The number of rotatable bonds is 4. The second-order valence-corrected chi connectivity index (χ2v) is 5.29. The molecular weight excluding hydrogens is 264 g/mol. The molecule has 3 rings (SSSR count). The third-order valence-corrected chi connectivity index (χ3v) is 3.87. The summed E-state index contributed by atoms with van der Waals surface area (Å²) in [7, 11) is 1.51. The maximum absolute atomic E-state index is 12.4. The van der Waals surface area contributed by atoms with Gasteiger partial charge in [0, 0.05) is 32.1 Å². The second-order valence-electron chi connectivity index (χ2n) is 5.29. The van der Waals surface area contributed by atoms with E-state index in [9.17, 15) is 14.7 Å². The number of likely N-dealkylation sites (tertiary alicyclic amines) is 1. The fourth-order valence-electron chi connectivity index (χ4n) is 2.52. The molecular formula is C13H16N2O5. The Labute approximate surface area is 115 Å². The highest BCUT2D eigenvalue weighted by molar-refractivity contribution is 5.95. The molecule has 2 aliphatic rings. The molecule has 2 fully saturated rings. The molecule has 0 spiro atoms. The predicted octanol–water partition coefficient (Wildman–Crippen LogP) is 0.866. The molecule has 2 unspecified atom stereocenters. The number of hydrogen-bond acceptors (Lipinski definition) is 5. The van der Waals surface area contributed by atoms with Crippen LogP contribution < -0.4 is 0 Å². The van der Waals surface area contributed by atoms with Crippen LogP contribution in [0.5, 0.6) is 0 Å². The van der Waals surface area contributed by atoms with Crippen molar-refractivity contribution in [3.05, 3.63) is 17.5 Å². The van der Waals surface area contributed by atoms with E-state index in [1.165, 1.54) is 12.0 Å². The largest absolute Gasteiger partial charge is 0.480 e. The van der Waals surface area contributed by atoms with Crippen LogP contribution in [-0.2, 0) is 9.53 Å². The lowest BCUT2D eigenvalue weighted by molar-refractivity contribution is -0.141. The van der Waals surface area contributed by atoms with E-state index in [-0.39, 0.29) is 18.3 Å². The van der Waals surface area contributed by atoms with Gasteiger partial charge in [-0.3, -0.25) is 4.79 Å². The topological polar surface area (TPSA) is 92.9 Å². The van der Waals surface area contributed by atoms with Gasteiger partial charge in [-0.2, -0.15) is 0 Å². The van der Waals surface area contributed by atoms with Crippen LogP contribution in [0.4, 0.5) is 0 Å². The van der Waals surface area contributed by atoms with Gasteiger partial charge in [-0.05, 0) is 12.8 Å². The molecule has 108 valence electrons. The normalized spacial score (nSPS) is 25.9. The first-order valence-electron chi connectivity index (χ1n) is 6.63. The SMILES string of the molecule is COC1CC(C(=O)O)N(C(=O)c2cc(C3CC3)on2)C1. The average molecular weight is 280 g/mol. The zero-order chi connectivity index (χ0) is 14.3. The summed E-state index contributed by atoms with van der Waals surface area (Å²) < 4.78 is 10.3. The van der Waals surface area contributed by atoms with Crippen molar-refractivity contribution in [1.82, 2.24) is 10.1 Å². The number of carboxylic acids is 1. The van der Waals surface area contributed by atoms with Crippen molar-refractivity contribution in [3.8, 4) is 0 Å². The maximum Gasteiger partial charge on any atom is 0.326 e. The molecule has 1 saturated carbocycles. The first-order valence-corrected chi connectivity index (χ1v) is 6.63. The fraction of sp³-hybridized carbons (Fsp3) is 0.615. The number of carboxylic acid groups (broad SMARTS) is 1. The zero-order valence-corrected chi connectivity index (χ0v) is 11.1. The van der Waals surface area contributed by atoms with Gasteiger partial charge in [0.15, 0.2) is 5.69 Å². The fourth-order valence-corrected chi connectivity index (χ4v) is 2.52. The molecule has 0 radical (unpaired) electrons. The molecule has 7 nitrogen and oxygen atoms in total. The lowest BCUT2D eigenvalue weighted by Gasteiger charge is -2.19. The number of methoxy groups -OCH3 is 1. The smallest absolute Gasteiger partial charge is 0.326 e. The van der Waals surface area contributed by atoms with Gasteiger partial charge < -0.3 is 19.3 Å². The molecule has 2 heterocycles. The van der Waals surface area contributed by atoms with Crippen molar-refractivity contribution in [2.45, 2.75) is 37.3 Å². The van der Waals surface area contributed by atoms with Crippen LogP contribution >= 0.6 is 0 Å². The standard InChI is InChI=1S/C13H16N2O5/c1-19-8-4-10(13(17)18)15(6-8)12(16)9-5-11(20-14-9)7-2-3-7/h5,7-8,10H,2-4,6H2,1H3,(H,17,18). The van der Waals surface area contributed by atoms with Gasteiger partial charge in [0.2, 0.25) is 0 Å². The Hall–Kier alpha value is -1.89. The maximum atomic E-state index is 12.4. The van der Waals surface area contributed by atoms with Crippen LogP contribution in [0, 0.1) is 0 Å². The van der Waals surface area contributed by atoms with E-state index in [0.717, 1.165) is 12.8 Å². The van der Waals surface area contributed by atoms with Gasteiger partial charge in [0.05, 0.1) is 6.10 Å².